The van der Waals surface area contributed by atoms with Crippen LogP contribution in [-0.4, -0.2) is 23.1 Å². The topological polar surface area (TPSA) is 41.1 Å². The first-order valence-corrected chi connectivity index (χ1v) is 6.93. The lowest BCUT2D eigenvalue weighted by atomic mass is 10.2. The van der Waals surface area contributed by atoms with Crippen molar-refractivity contribution in [2.24, 2.45) is 0 Å². The second-order valence-corrected chi connectivity index (χ2v) is 5.25. The Morgan fingerprint density at radius 1 is 1.10 bits per heavy atom. The maximum Gasteiger partial charge on any atom is 0.0443 e. The molecule has 2 heterocycles. The van der Waals surface area contributed by atoms with E-state index in [0.717, 1.165) is 13.1 Å². The Kier molecular flexibility index (Phi) is 5.07. The average Bonchev–Trinajstić information content (AvgIpc) is 2.46. The number of anilines is 1. The van der Waals surface area contributed by atoms with E-state index >= 15 is 0 Å². The third-order valence-corrected chi connectivity index (χ3v) is 3.16. The monoisotopic (exact) mass is 270 g/mol. The van der Waals surface area contributed by atoms with Crippen LogP contribution in [0.4, 0.5) is 5.69 Å². The molecule has 0 atom stereocenters. The van der Waals surface area contributed by atoms with Crippen molar-refractivity contribution in [2.45, 2.75) is 33.0 Å². The van der Waals surface area contributed by atoms with Gasteiger partial charge in [-0.3, -0.25) is 9.97 Å². The van der Waals surface area contributed by atoms with Crippen LogP contribution in [0.1, 0.15) is 25.0 Å². The summed E-state index contributed by atoms with van der Waals surface area (Å²) in [6.07, 6.45) is 7.44. The van der Waals surface area contributed by atoms with Crippen molar-refractivity contribution in [3.63, 3.8) is 0 Å². The fourth-order valence-electron chi connectivity index (χ4n) is 2.09. The Morgan fingerprint density at radius 3 is 2.50 bits per heavy atom. The van der Waals surface area contributed by atoms with E-state index in [2.05, 4.69) is 47.1 Å². The van der Waals surface area contributed by atoms with E-state index in [1.54, 1.807) is 0 Å². The minimum Gasteiger partial charge on any atom is -0.370 e. The summed E-state index contributed by atoms with van der Waals surface area (Å²) in [6.45, 7) is 6.00. The molecule has 2 aromatic rings. The lowest BCUT2D eigenvalue weighted by Gasteiger charge is -2.23. The van der Waals surface area contributed by atoms with Crippen LogP contribution in [0, 0.1) is 0 Å². The van der Waals surface area contributed by atoms with Gasteiger partial charge in [0.2, 0.25) is 0 Å². The molecule has 2 rings (SSSR count). The van der Waals surface area contributed by atoms with Crippen molar-refractivity contribution in [1.82, 2.24) is 15.3 Å². The minimum absolute atomic E-state index is 0.466. The molecule has 0 spiro atoms. The molecule has 0 unspecified atom stereocenters. The van der Waals surface area contributed by atoms with Crippen molar-refractivity contribution >= 4 is 5.69 Å². The number of aromatic nitrogens is 2. The molecular weight excluding hydrogens is 248 g/mol. The number of hydrogen-bond acceptors (Lipinski definition) is 4. The molecule has 0 bridgehead atoms. The van der Waals surface area contributed by atoms with Gasteiger partial charge in [-0.2, -0.15) is 0 Å². The molecule has 1 N–H and O–H groups in total. The molecule has 0 aliphatic carbocycles. The predicted octanol–water partition coefficient (Wildman–Crippen LogP) is 2.61. The van der Waals surface area contributed by atoms with Crippen molar-refractivity contribution in [3.05, 3.63) is 54.1 Å². The summed E-state index contributed by atoms with van der Waals surface area (Å²) >= 11 is 0. The molecule has 0 aromatic carbocycles. The largest absolute Gasteiger partial charge is 0.370 e. The van der Waals surface area contributed by atoms with Crippen molar-refractivity contribution in [3.8, 4) is 0 Å². The molecule has 0 saturated carbocycles. The van der Waals surface area contributed by atoms with Crippen molar-refractivity contribution < 1.29 is 0 Å². The predicted molar refractivity (Wildman–Crippen MR) is 82.6 cm³/mol. The molecule has 4 heteroatoms. The maximum atomic E-state index is 4.24. The summed E-state index contributed by atoms with van der Waals surface area (Å²) in [6, 6.07) is 6.62. The standard InChI is InChI=1S/C16H22N4/c1-13(2)19-11-15-10-18-9-6-16(15)20(3)12-14-4-7-17-8-5-14/h4-10,13,19H,11-12H2,1-3H3. The van der Waals surface area contributed by atoms with Gasteiger partial charge >= 0.3 is 0 Å². The Bertz CT molecular complexity index is 525. The van der Waals surface area contributed by atoms with E-state index in [0.29, 0.717) is 6.04 Å². The fourth-order valence-corrected chi connectivity index (χ4v) is 2.09. The quantitative estimate of drug-likeness (QED) is 0.876. The molecule has 2 aromatic heterocycles. The second kappa shape index (κ2) is 7.01. The van der Waals surface area contributed by atoms with Gasteiger partial charge in [0.15, 0.2) is 0 Å². The highest BCUT2D eigenvalue weighted by atomic mass is 15.1. The van der Waals surface area contributed by atoms with Crippen LogP contribution < -0.4 is 10.2 Å². The molecule has 0 radical (unpaired) electrons. The van der Waals surface area contributed by atoms with E-state index in [9.17, 15) is 0 Å². The number of nitrogens with zero attached hydrogens (tertiary/aromatic N) is 3. The number of nitrogens with one attached hydrogen (secondary N) is 1. The molecule has 0 saturated heterocycles. The zero-order chi connectivity index (χ0) is 14.4. The van der Waals surface area contributed by atoms with Crippen molar-refractivity contribution in [1.29, 1.82) is 0 Å². The van der Waals surface area contributed by atoms with Crippen LogP contribution in [-0.2, 0) is 13.1 Å². The lowest BCUT2D eigenvalue weighted by molar-refractivity contribution is 0.587. The molecule has 0 aliphatic heterocycles. The molecule has 106 valence electrons. The summed E-state index contributed by atoms with van der Waals surface area (Å²) in [5.41, 5.74) is 3.68. The van der Waals surface area contributed by atoms with Gasteiger partial charge in [0.25, 0.3) is 0 Å². The normalized spacial score (nSPS) is 10.8. The highest BCUT2D eigenvalue weighted by Gasteiger charge is 2.08. The van der Waals surface area contributed by atoms with Crippen LogP contribution in [0.5, 0.6) is 0 Å². The van der Waals surface area contributed by atoms with Gasteiger partial charge in [0.05, 0.1) is 0 Å². The third-order valence-electron chi connectivity index (χ3n) is 3.16. The van der Waals surface area contributed by atoms with Gasteiger partial charge in [-0.15, -0.1) is 0 Å². The maximum absolute atomic E-state index is 4.24. The van der Waals surface area contributed by atoms with E-state index < -0.39 is 0 Å². The van der Waals surface area contributed by atoms with E-state index in [1.807, 2.05) is 36.9 Å². The van der Waals surface area contributed by atoms with Gasteiger partial charge < -0.3 is 10.2 Å². The summed E-state index contributed by atoms with van der Waals surface area (Å²) in [5, 5.41) is 3.44. The molecule has 4 nitrogen and oxygen atoms in total. The Hall–Kier alpha value is -1.94. The summed E-state index contributed by atoms with van der Waals surface area (Å²) < 4.78 is 0. The average molecular weight is 270 g/mol. The highest BCUT2D eigenvalue weighted by Crippen LogP contribution is 2.19. The first-order chi connectivity index (χ1) is 9.66. The fraction of sp³-hybridized carbons (Fsp3) is 0.375. The van der Waals surface area contributed by atoms with Crippen molar-refractivity contribution in [2.75, 3.05) is 11.9 Å². The van der Waals surface area contributed by atoms with Gasteiger partial charge in [-0.25, -0.2) is 0 Å². The lowest BCUT2D eigenvalue weighted by Crippen LogP contribution is -2.24. The van der Waals surface area contributed by atoms with Crippen LogP contribution in [0.3, 0.4) is 0 Å². The molecule has 0 amide bonds. The molecular formula is C16H22N4. The van der Waals surface area contributed by atoms with Crippen LogP contribution >= 0.6 is 0 Å². The molecule has 0 aliphatic rings. The van der Waals surface area contributed by atoms with E-state index in [-0.39, 0.29) is 0 Å². The first-order valence-electron chi connectivity index (χ1n) is 6.93. The summed E-state index contributed by atoms with van der Waals surface area (Å²) in [5.74, 6) is 0. The Balaban J connectivity index is 2.11. The Morgan fingerprint density at radius 2 is 1.80 bits per heavy atom. The number of rotatable bonds is 6. The zero-order valence-electron chi connectivity index (χ0n) is 12.4. The minimum atomic E-state index is 0.466. The zero-order valence-corrected chi connectivity index (χ0v) is 12.4. The summed E-state index contributed by atoms with van der Waals surface area (Å²) in [7, 11) is 2.11. The van der Waals surface area contributed by atoms with Crippen LogP contribution in [0.15, 0.2) is 43.0 Å². The van der Waals surface area contributed by atoms with E-state index in [1.165, 1.54) is 16.8 Å². The third kappa shape index (κ3) is 4.03. The van der Waals surface area contributed by atoms with Gasteiger partial charge in [-0.05, 0) is 23.8 Å². The van der Waals surface area contributed by atoms with Gasteiger partial charge in [0, 0.05) is 62.2 Å². The Labute approximate surface area is 120 Å². The number of hydrogen-bond donors (Lipinski definition) is 1. The van der Waals surface area contributed by atoms with Crippen LogP contribution in [0.25, 0.3) is 0 Å². The SMILES string of the molecule is CC(C)NCc1cnccc1N(C)Cc1ccncc1. The summed E-state index contributed by atoms with van der Waals surface area (Å²) in [4.78, 5) is 10.5. The van der Waals surface area contributed by atoms with Gasteiger partial charge in [-0.1, -0.05) is 13.8 Å². The van der Waals surface area contributed by atoms with Gasteiger partial charge in [0.1, 0.15) is 0 Å². The number of pyridine rings is 2. The second-order valence-electron chi connectivity index (χ2n) is 5.25. The molecule has 0 fully saturated rings. The van der Waals surface area contributed by atoms with Crippen LogP contribution in [0.2, 0.25) is 0 Å². The smallest absolute Gasteiger partial charge is 0.0443 e. The van der Waals surface area contributed by atoms with E-state index in [4.69, 9.17) is 0 Å². The highest BCUT2D eigenvalue weighted by molar-refractivity contribution is 5.51. The first kappa shape index (κ1) is 14.5. The molecule has 20 heavy (non-hydrogen) atoms.